The van der Waals surface area contributed by atoms with E-state index in [0.717, 1.165) is 5.56 Å². The number of hydrogen-bond donors (Lipinski definition) is 1. The van der Waals surface area contributed by atoms with Gasteiger partial charge in [-0.2, -0.15) is 13.2 Å². The van der Waals surface area contributed by atoms with E-state index in [1.54, 1.807) is 25.2 Å². The fourth-order valence-electron chi connectivity index (χ4n) is 2.14. The van der Waals surface area contributed by atoms with Crippen molar-refractivity contribution in [2.45, 2.75) is 12.2 Å². The number of methoxy groups -OCH3 is 2. The van der Waals surface area contributed by atoms with E-state index in [0.29, 0.717) is 11.5 Å². The third-order valence-corrected chi connectivity index (χ3v) is 3.10. The first kappa shape index (κ1) is 17.6. The molecule has 0 aliphatic heterocycles. The summed E-state index contributed by atoms with van der Waals surface area (Å²) >= 11 is 0. The highest BCUT2D eigenvalue weighted by atomic mass is 19.4. The molecule has 1 rings (SSSR count). The predicted molar refractivity (Wildman–Crippen MR) is 74.9 cm³/mol. The molecule has 1 atom stereocenters. The largest absolute Gasteiger partial charge is 0.497 e. The lowest BCUT2D eigenvalue weighted by Gasteiger charge is -2.26. The third kappa shape index (κ3) is 5.43. The Hall–Kier alpha value is -1.47. The highest BCUT2D eigenvalue weighted by molar-refractivity contribution is 5.42. The fourth-order valence-corrected chi connectivity index (χ4v) is 2.14. The van der Waals surface area contributed by atoms with E-state index in [-0.39, 0.29) is 12.6 Å². The number of alkyl halides is 3. The number of ether oxygens (including phenoxy) is 2. The van der Waals surface area contributed by atoms with Gasteiger partial charge >= 0.3 is 6.18 Å². The van der Waals surface area contributed by atoms with Crippen LogP contribution in [0.5, 0.6) is 11.5 Å². The number of likely N-dealkylation sites (N-methyl/N-ethyl adjacent to an activating group) is 2. The van der Waals surface area contributed by atoms with Crippen molar-refractivity contribution in [3.63, 3.8) is 0 Å². The Kier molecular flexibility index (Phi) is 6.29. The average Bonchev–Trinajstić information content (AvgIpc) is 2.42. The van der Waals surface area contributed by atoms with Gasteiger partial charge in [0.05, 0.1) is 20.8 Å². The molecule has 0 saturated carbocycles. The molecule has 21 heavy (non-hydrogen) atoms. The second kappa shape index (κ2) is 7.51. The Morgan fingerprint density at radius 2 is 1.90 bits per heavy atom. The van der Waals surface area contributed by atoms with Crippen LogP contribution in [-0.2, 0) is 0 Å². The topological polar surface area (TPSA) is 33.7 Å². The molecule has 0 radical (unpaired) electrons. The van der Waals surface area contributed by atoms with E-state index in [4.69, 9.17) is 9.47 Å². The lowest BCUT2D eigenvalue weighted by molar-refractivity contribution is -0.143. The summed E-state index contributed by atoms with van der Waals surface area (Å²) in [6.45, 7) is -0.767. The Labute approximate surface area is 122 Å². The SMILES string of the molecule is CNC(CN(C)CC(F)(F)F)c1cc(OC)ccc1OC. The van der Waals surface area contributed by atoms with E-state index < -0.39 is 12.7 Å². The second-order valence-corrected chi connectivity index (χ2v) is 4.76. The molecule has 0 heterocycles. The van der Waals surface area contributed by atoms with Gasteiger partial charge in [-0.3, -0.25) is 4.90 Å². The molecule has 0 aliphatic carbocycles. The van der Waals surface area contributed by atoms with E-state index in [9.17, 15) is 13.2 Å². The summed E-state index contributed by atoms with van der Waals surface area (Å²) < 4.78 is 47.7. The molecular weight excluding hydrogens is 285 g/mol. The van der Waals surface area contributed by atoms with Gasteiger partial charge in [0.15, 0.2) is 0 Å². The van der Waals surface area contributed by atoms with E-state index in [1.165, 1.54) is 26.2 Å². The molecule has 120 valence electrons. The van der Waals surface area contributed by atoms with Crippen molar-refractivity contribution in [1.82, 2.24) is 10.2 Å². The lowest BCUT2D eigenvalue weighted by Crippen LogP contribution is -2.37. The predicted octanol–water partition coefficient (Wildman–Crippen LogP) is 2.46. The van der Waals surface area contributed by atoms with Crippen LogP contribution < -0.4 is 14.8 Å². The number of halogens is 3. The first-order chi connectivity index (χ1) is 9.80. The van der Waals surface area contributed by atoms with Crippen LogP contribution in [0.2, 0.25) is 0 Å². The molecule has 0 aromatic heterocycles. The lowest BCUT2D eigenvalue weighted by atomic mass is 10.0. The summed E-state index contributed by atoms with van der Waals surface area (Å²) in [5, 5.41) is 3.02. The maximum Gasteiger partial charge on any atom is 0.401 e. The molecule has 0 saturated heterocycles. The summed E-state index contributed by atoms with van der Waals surface area (Å²) in [5.74, 6) is 1.24. The Balaban J connectivity index is 2.93. The van der Waals surface area contributed by atoms with Gasteiger partial charge < -0.3 is 14.8 Å². The zero-order valence-electron chi connectivity index (χ0n) is 12.6. The molecule has 0 fully saturated rings. The zero-order valence-corrected chi connectivity index (χ0v) is 12.6. The zero-order chi connectivity index (χ0) is 16.0. The molecule has 0 bridgehead atoms. The van der Waals surface area contributed by atoms with Crippen LogP contribution >= 0.6 is 0 Å². The Bertz CT molecular complexity index is 452. The summed E-state index contributed by atoms with van der Waals surface area (Å²) in [7, 11) is 6.20. The molecule has 1 aromatic rings. The highest BCUT2D eigenvalue weighted by Gasteiger charge is 2.30. The van der Waals surface area contributed by atoms with Crippen molar-refractivity contribution < 1.29 is 22.6 Å². The van der Waals surface area contributed by atoms with Crippen LogP contribution in [0, 0.1) is 0 Å². The standard InChI is InChI=1S/C14H21F3N2O2/c1-18-12(8-19(2)9-14(15,16)17)11-7-10(20-3)5-6-13(11)21-4/h5-7,12,18H,8-9H2,1-4H3. The number of nitrogens with zero attached hydrogens (tertiary/aromatic N) is 1. The van der Waals surface area contributed by atoms with Crippen LogP contribution in [0.3, 0.4) is 0 Å². The van der Waals surface area contributed by atoms with Crippen molar-refractivity contribution in [3.8, 4) is 11.5 Å². The maximum absolute atomic E-state index is 12.4. The molecule has 1 N–H and O–H groups in total. The van der Waals surface area contributed by atoms with E-state index in [2.05, 4.69) is 5.32 Å². The van der Waals surface area contributed by atoms with Gasteiger partial charge in [-0.15, -0.1) is 0 Å². The van der Waals surface area contributed by atoms with Crippen LogP contribution in [0.25, 0.3) is 0 Å². The van der Waals surface area contributed by atoms with Crippen molar-refractivity contribution in [2.24, 2.45) is 0 Å². The van der Waals surface area contributed by atoms with Crippen LogP contribution in [0.1, 0.15) is 11.6 Å². The van der Waals surface area contributed by atoms with Crippen molar-refractivity contribution in [2.75, 3.05) is 41.4 Å². The molecule has 7 heteroatoms. The summed E-state index contributed by atoms with van der Waals surface area (Å²) in [4.78, 5) is 1.22. The smallest absolute Gasteiger partial charge is 0.401 e. The highest BCUT2D eigenvalue weighted by Crippen LogP contribution is 2.30. The van der Waals surface area contributed by atoms with Crippen molar-refractivity contribution in [3.05, 3.63) is 23.8 Å². The minimum absolute atomic E-state index is 0.194. The van der Waals surface area contributed by atoms with Gasteiger partial charge in [0, 0.05) is 18.2 Å². The average molecular weight is 306 g/mol. The molecule has 1 aromatic carbocycles. The first-order valence-electron chi connectivity index (χ1n) is 6.45. The number of rotatable bonds is 7. The monoisotopic (exact) mass is 306 g/mol. The number of benzene rings is 1. The van der Waals surface area contributed by atoms with Gasteiger partial charge in [-0.25, -0.2) is 0 Å². The first-order valence-corrected chi connectivity index (χ1v) is 6.45. The summed E-state index contributed by atoms with van der Waals surface area (Å²) in [6.07, 6.45) is -4.22. The van der Waals surface area contributed by atoms with Crippen LogP contribution in [-0.4, -0.2) is 52.5 Å². The third-order valence-electron chi connectivity index (χ3n) is 3.10. The van der Waals surface area contributed by atoms with Gasteiger partial charge in [0.2, 0.25) is 0 Å². The van der Waals surface area contributed by atoms with Crippen LogP contribution in [0.4, 0.5) is 13.2 Å². The number of hydrogen-bond acceptors (Lipinski definition) is 4. The van der Waals surface area contributed by atoms with Crippen molar-refractivity contribution in [1.29, 1.82) is 0 Å². The van der Waals surface area contributed by atoms with E-state index >= 15 is 0 Å². The minimum atomic E-state index is -4.22. The molecule has 4 nitrogen and oxygen atoms in total. The molecule has 0 aliphatic rings. The maximum atomic E-state index is 12.4. The quantitative estimate of drug-likeness (QED) is 0.839. The Morgan fingerprint density at radius 3 is 2.38 bits per heavy atom. The van der Waals surface area contributed by atoms with Gasteiger partial charge in [0.1, 0.15) is 11.5 Å². The summed E-state index contributed by atoms with van der Waals surface area (Å²) in [6, 6.07) is 4.94. The second-order valence-electron chi connectivity index (χ2n) is 4.76. The fraction of sp³-hybridized carbons (Fsp3) is 0.571. The molecule has 1 unspecified atom stereocenters. The summed E-state index contributed by atoms with van der Waals surface area (Å²) in [5.41, 5.74) is 0.758. The minimum Gasteiger partial charge on any atom is -0.497 e. The molecule has 0 spiro atoms. The van der Waals surface area contributed by atoms with Crippen LogP contribution in [0.15, 0.2) is 18.2 Å². The van der Waals surface area contributed by atoms with Gasteiger partial charge in [-0.1, -0.05) is 0 Å². The number of nitrogens with one attached hydrogen (secondary N) is 1. The van der Waals surface area contributed by atoms with Gasteiger partial charge in [0.25, 0.3) is 0 Å². The van der Waals surface area contributed by atoms with E-state index in [1.807, 2.05) is 0 Å². The molecular formula is C14H21F3N2O2. The normalized spacial score (nSPS) is 13.3. The molecule has 0 amide bonds. The Morgan fingerprint density at radius 1 is 1.24 bits per heavy atom. The van der Waals surface area contributed by atoms with Crippen molar-refractivity contribution >= 4 is 0 Å². The van der Waals surface area contributed by atoms with Gasteiger partial charge in [-0.05, 0) is 32.3 Å².